The first-order chi connectivity index (χ1) is 10.2. The van der Waals surface area contributed by atoms with Crippen LogP contribution in [-0.4, -0.2) is 24.1 Å². The summed E-state index contributed by atoms with van der Waals surface area (Å²) in [5.41, 5.74) is 2.76. The molecule has 21 heavy (non-hydrogen) atoms. The lowest BCUT2D eigenvalue weighted by molar-refractivity contribution is 0.0344. The van der Waals surface area contributed by atoms with Crippen LogP contribution < -0.4 is 5.32 Å². The third-order valence-corrected chi connectivity index (χ3v) is 4.60. The highest BCUT2D eigenvalue weighted by Crippen LogP contribution is 2.33. The molecular weight excluding hydrogens is 308 g/mol. The number of carbonyl (C=O) groups is 1. The number of carbonyl (C=O) groups excluding carboxylic acids is 1. The zero-order valence-electron chi connectivity index (χ0n) is 11.3. The van der Waals surface area contributed by atoms with Crippen LogP contribution in [0.25, 0.3) is 0 Å². The smallest absolute Gasteiger partial charge is 0.271 e. The van der Waals surface area contributed by atoms with E-state index in [1.165, 1.54) is 11.3 Å². The van der Waals surface area contributed by atoms with Gasteiger partial charge in [0.2, 0.25) is 0 Å². The summed E-state index contributed by atoms with van der Waals surface area (Å²) in [5, 5.41) is 5.59. The van der Waals surface area contributed by atoms with E-state index in [4.69, 9.17) is 16.3 Å². The Kier molecular flexibility index (Phi) is 4.24. The van der Waals surface area contributed by atoms with Crippen molar-refractivity contribution in [2.24, 2.45) is 0 Å². The summed E-state index contributed by atoms with van der Waals surface area (Å²) in [6, 6.07) is 7.64. The Morgan fingerprint density at radius 3 is 2.62 bits per heavy atom. The summed E-state index contributed by atoms with van der Waals surface area (Å²) >= 11 is 7.37. The van der Waals surface area contributed by atoms with Gasteiger partial charge in [0.25, 0.3) is 5.91 Å². The molecule has 1 saturated heterocycles. The van der Waals surface area contributed by atoms with Gasteiger partial charge < -0.3 is 10.1 Å². The van der Waals surface area contributed by atoms with Gasteiger partial charge in [-0.3, -0.25) is 4.79 Å². The van der Waals surface area contributed by atoms with Crippen molar-refractivity contribution in [1.29, 1.82) is 0 Å². The van der Waals surface area contributed by atoms with Crippen LogP contribution >= 0.6 is 22.9 Å². The monoisotopic (exact) mass is 322 g/mol. The van der Waals surface area contributed by atoms with Crippen molar-refractivity contribution in [3.8, 4) is 0 Å². The molecule has 0 bridgehead atoms. The highest BCUT2D eigenvalue weighted by molar-refractivity contribution is 7.07. The fourth-order valence-electron chi connectivity index (χ4n) is 2.58. The molecule has 3 rings (SSSR count). The van der Waals surface area contributed by atoms with E-state index in [1.54, 1.807) is 10.9 Å². The van der Waals surface area contributed by atoms with Crippen molar-refractivity contribution in [3.63, 3.8) is 0 Å². The molecule has 1 fully saturated rings. The molecule has 2 aromatic rings. The molecule has 0 aliphatic carbocycles. The molecule has 6 heteroatoms. The second kappa shape index (κ2) is 6.13. The number of benzene rings is 1. The van der Waals surface area contributed by atoms with E-state index in [0.29, 0.717) is 23.9 Å². The maximum atomic E-state index is 12.4. The van der Waals surface area contributed by atoms with E-state index in [9.17, 15) is 4.79 Å². The second-order valence-electron chi connectivity index (χ2n) is 5.03. The second-order valence-corrected chi connectivity index (χ2v) is 6.18. The van der Waals surface area contributed by atoms with Crippen LogP contribution in [0.5, 0.6) is 0 Å². The Labute approximate surface area is 132 Å². The number of halogens is 1. The van der Waals surface area contributed by atoms with E-state index >= 15 is 0 Å². The quantitative estimate of drug-likeness (QED) is 0.944. The van der Waals surface area contributed by atoms with Crippen molar-refractivity contribution in [3.05, 3.63) is 51.4 Å². The van der Waals surface area contributed by atoms with E-state index in [2.05, 4.69) is 10.3 Å². The first-order valence-electron chi connectivity index (χ1n) is 6.74. The topological polar surface area (TPSA) is 51.2 Å². The number of hydrogen-bond donors (Lipinski definition) is 1. The van der Waals surface area contributed by atoms with Crippen molar-refractivity contribution < 1.29 is 9.53 Å². The van der Waals surface area contributed by atoms with E-state index in [-0.39, 0.29) is 5.91 Å². The number of nitrogens with one attached hydrogen (secondary N) is 1. The van der Waals surface area contributed by atoms with Crippen LogP contribution in [0.2, 0.25) is 5.02 Å². The molecule has 1 aliphatic heterocycles. The van der Waals surface area contributed by atoms with Crippen molar-refractivity contribution in [1.82, 2.24) is 10.3 Å². The number of ether oxygens (including phenoxy) is 1. The number of nitrogens with zero attached hydrogens (tertiary/aromatic N) is 1. The minimum atomic E-state index is -0.413. The first-order valence-corrected chi connectivity index (χ1v) is 8.06. The molecule has 2 heterocycles. The Hall–Kier alpha value is -1.43. The summed E-state index contributed by atoms with van der Waals surface area (Å²) in [6.45, 7) is 1.25. The Balaban J connectivity index is 1.89. The molecule has 0 atom stereocenters. The van der Waals surface area contributed by atoms with Gasteiger partial charge in [-0.05, 0) is 30.5 Å². The van der Waals surface area contributed by atoms with Crippen LogP contribution in [0.1, 0.15) is 28.9 Å². The van der Waals surface area contributed by atoms with Crippen LogP contribution in [-0.2, 0) is 10.3 Å². The van der Waals surface area contributed by atoms with Crippen molar-refractivity contribution in [2.75, 3.05) is 13.2 Å². The lowest BCUT2D eigenvalue weighted by Gasteiger charge is -2.38. The average molecular weight is 323 g/mol. The molecule has 1 aromatic carbocycles. The van der Waals surface area contributed by atoms with E-state index in [0.717, 1.165) is 18.4 Å². The van der Waals surface area contributed by atoms with Gasteiger partial charge in [-0.25, -0.2) is 4.98 Å². The fourth-order valence-corrected chi connectivity index (χ4v) is 3.24. The zero-order chi connectivity index (χ0) is 14.7. The standard InChI is InChI=1S/C15H15ClN2O2S/c16-12-3-1-11(2-4-12)15(5-7-20-8-6-15)18-14(19)13-9-21-10-17-13/h1-4,9-10H,5-8H2,(H,18,19). The van der Waals surface area contributed by atoms with Gasteiger partial charge in [-0.1, -0.05) is 23.7 Å². The lowest BCUT2D eigenvalue weighted by atomic mass is 9.82. The maximum absolute atomic E-state index is 12.4. The molecule has 110 valence electrons. The number of amides is 1. The number of rotatable bonds is 3. The lowest BCUT2D eigenvalue weighted by Crippen LogP contribution is -2.49. The summed E-state index contributed by atoms with van der Waals surface area (Å²) in [6.07, 6.45) is 1.48. The minimum absolute atomic E-state index is 0.145. The zero-order valence-corrected chi connectivity index (χ0v) is 12.9. The highest BCUT2D eigenvalue weighted by atomic mass is 35.5. The summed E-state index contributed by atoms with van der Waals surface area (Å²) in [4.78, 5) is 16.5. The molecule has 1 aromatic heterocycles. The SMILES string of the molecule is O=C(NC1(c2ccc(Cl)cc2)CCOCC1)c1cscn1. The van der Waals surface area contributed by atoms with E-state index in [1.807, 2.05) is 24.3 Å². The average Bonchev–Trinajstić information content (AvgIpc) is 3.03. The maximum Gasteiger partial charge on any atom is 0.271 e. The summed E-state index contributed by atoms with van der Waals surface area (Å²) in [5.74, 6) is -0.145. The van der Waals surface area contributed by atoms with Gasteiger partial charge in [0.05, 0.1) is 11.0 Å². The number of hydrogen-bond acceptors (Lipinski definition) is 4. The third kappa shape index (κ3) is 3.10. The van der Waals surface area contributed by atoms with Crippen LogP contribution in [0.3, 0.4) is 0 Å². The third-order valence-electron chi connectivity index (χ3n) is 3.76. The van der Waals surface area contributed by atoms with Gasteiger partial charge in [-0.15, -0.1) is 11.3 Å². The molecule has 4 nitrogen and oxygen atoms in total. The van der Waals surface area contributed by atoms with Crippen LogP contribution in [0.15, 0.2) is 35.2 Å². The Morgan fingerprint density at radius 2 is 2.00 bits per heavy atom. The van der Waals surface area contributed by atoms with Gasteiger partial charge >= 0.3 is 0 Å². The van der Waals surface area contributed by atoms with Gasteiger partial charge in [-0.2, -0.15) is 0 Å². The molecule has 0 radical (unpaired) electrons. The highest BCUT2D eigenvalue weighted by Gasteiger charge is 2.36. The van der Waals surface area contributed by atoms with Crippen molar-refractivity contribution >= 4 is 28.8 Å². The largest absolute Gasteiger partial charge is 0.381 e. The fraction of sp³-hybridized carbons (Fsp3) is 0.333. The van der Waals surface area contributed by atoms with Crippen LogP contribution in [0, 0.1) is 0 Å². The van der Waals surface area contributed by atoms with Crippen LogP contribution in [0.4, 0.5) is 0 Å². The molecule has 1 amide bonds. The Morgan fingerprint density at radius 1 is 1.29 bits per heavy atom. The van der Waals surface area contributed by atoms with E-state index < -0.39 is 5.54 Å². The molecule has 0 unspecified atom stereocenters. The molecule has 0 spiro atoms. The number of aromatic nitrogens is 1. The number of thiazole rings is 1. The van der Waals surface area contributed by atoms with Gasteiger partial charge in [0.1, 0.15) is 5.69 Å². The predicted molar refractivity (Wildman–Crippen MR) is 82.8 cm³/mol. The van der Waals surface area contributed by atoms with Gasteiger partial charge in [0, 0.05) is 23.6 Å². The summed E-state index contributed by atoms with van der Waals surface area (Å²) < 4.78 is 5.45. The molecular formula is C15H15ClN2O2S. The molecule has 1 N–H and O–H groups in total. The Bertz CT molecular complexity index is 607. The minimum Gasteiger partial charge on any atom is -0.381 e. The van der Waals surface area contributed by atoms with Crippen molar-refractivity contribution in [2.45, 2.75) is 18.4 Å². The molecule has 0 saturated carbocycles. The predicted octanol–water partition coefficient (Wildman–Crippen LogP) is 3.23. The summed E-state index contributed by atoms with van der Waals surface area (Å²) in [7, 11) is 0. The first kappa shape index (κ1) is 14.5. The molecule has 1 aliphatic rings. The normalized spacial score (nSPS) is 17.4. The van der Waals surface area contributed by atoms with Gasteiger partial charge in [0.15, 0.2) is 0 Å².